The summed E-state index contributed by atoms with van der Waals surface area (Å²) in [6.07, 6.45) is 5.65. The Morgan fingerprint density at radius 3 is 2.52 bits per heavy atom. The zero-order chi connectivity index (χ0) is 15.5. The van der Waals surface area contributed by atoms with Crippen LogP contribution in [0.25, 0.3) is 6.08 Å². The lowest BCUT2D eigenvalue weighted by atomic mass is 10.1. The molecule has 0 amide bonds. The molecule has 0 aromatic heterocycles. The third kappa shape index (κ3) is 6.13. The summed E-state index contributed by atoms with van der Waals surface area (Å²) < 4.78 is 10.2. The third-order valence-electron chi connectivity index (χ3n) is 3.00. The monoisotopic (exact) mass is 287 g/mol. The van der Waals surface area contributed by atoms with Crippen molar-refractivity contribution in [2.45, 2.75) is 32.6 Å². The molecule has 0 aliphatic carbocycles. The number of ether oxygens (including phenoxy) is 2. The molecule has 1 rings (SSSR count). The predicted molar refractivity (Wildman–Crippen MR) is 81.7 cm³/mol. The van der Waals surface area contributed by atoms with Crippen molar-refractivity contribution in [3.05, 3.63) is 35.4 Å². The number of nitrogens with zero attached hydrogens (tertiary/aromatic N) is 1. The van der Waals surface area contributed by atoms with Crippen LogP contribution in [0.2, 0.25) is 0 Å². The van der Waals surface area contributed by atoms with E-state index in [-0.39, 0.29) is 5.57 Å². The molecule has 0 unspecified atom stereocenters. The van der Waals surface area contributed by atoms with Gasteiger partial charge in [0.15, 0.2) is 0 Å². The van der Waals surface area contributed by atoms with Gasteiger partial charge < -0.3 is 9.47 Å². The van der Waals surface area contributed by atoms with Crippen molar-refractivity contribution >= 4 is 12.0 Å². The molecule has 0 fully saturated rings. The average Bonchev–Trinajstić information content (AvgIpc) is 2.52. The van der Waals surface area contributed by atoms with Gasteiger partial charge in [0.25, 0.3) is 0 Å². The fourth-order valence-electron chi connectivity index (χ4n) is 1.78. The standard InChI is InChI=1S/C17H21NO3/c1-3-4-5-6-11-21-17(19)15(13-18)12-14-7-9-16(20-2)10-8-14/h7-10,12H,3-6,11H2,1-2H3/b15-12-. The number of benzene rings is 1. The Hall–Kier alpha value is -2.28. The lowest BCUT2D eigenvalue weighted by Gasteiger charge is -2.04. The highest BCUT2D eigenvalue weighted by Crippen LogP contribution is 2.14. The van der Waals surface area contributed by atoms with Gasteiger partial charge in [0.2, 0.25) is 0 Å². The minimum absolute atomic E-state index is 0.00987. The minimum Gasteiger partial charge on any atom is -0.497 e. The summed E-state index contributed by atoms with van der Waals surface area (Å²) in [6, 6.07) is 9.00. The van der Waals surface area contributed by atoms with Crippen molar-refractivity contribution in [1.82, 2.24) is 0 Å². The Balaban J connectivity index is 2.57. The molecule has 0 bridgehead atoms. The predicted octanol–water partition coefficient (Wildman–Crippen LogP) is 3.73. The minimum atomic E-state index is -0.565. The van der Waals surface area contributed by atoms with E-state index in [1.807, 2.05) is 6.07 Å². The van der Waals surface area contributed by atoms with Crippen LogP contribution in [0.5, 0.6) is 5.75 Å². The largest absolute Gasteiger partial charge is 0.497 e. The van der Waals surface area contributed by atoms with Crippen molar-refractivity contribution in [2.75, 3.05) is 13.7 Å². The van der Waals surface area contributed by atoms with E-state index in [1.54, 1.807) is 31.4 Å². The van der Waals surface area contributed by atoms with Crippen LogP contribution in [0.4, 0.5) is 0 Å². The number of methoxy groups -OCH3 is 1. The maximum Gasteiger partial charge on any atom is 0.348 e. The van der Waals surface area contributed by atoms with Crippen LogP contribution in [0.1, 0.15) is 38.2 Å². The van der Waals surface area contributed by atoms with Crippen LogP contribution in [0, 0.1) is 11.3 Å². The van der Waals surface area contributed by atoms with Gasteiger partial charge in [0.05, 0.1) is 13.7 Å². The molecule has 112 valence electrons. The van der Waals surface area contributed by atoms with E-state index in [0.29, 0.717) is 6.61 Å². The van der Waals surface area contributed by atoms with Crippen LogP contribution in [-0.4, -0.2) is 19.7 Å². The van der Waals surface area contributed by atoms with Gasteiger partial charge in [0, 0.05) is 0 Å². The molecule has 0 spiro atoms. The second kappa shape index (κ2) is 9.60. The van der Waals surface area contributed by atoms with E-state index in [0.717, 1.165) is 37.0 Å². The van der Waals surface area contributed by atoms with Crippen molar-refractivity contribution in [3.63, 3.8) is 0 Å². The number of rotatable bonds is 8. The van der Waals surface area contributed by atoms with Crippen LogP contribution < -0.4 is 4.74 Å². The highest BCUT2D eigenvalue weighted by Gasteiger charge is 2.10. The first-order valence-electron chi connectivity index (χ1n) is 7.14. The third-order valence-corrected chi connectivity index (χ3v) is 3.00. The maximum absolute atomic E-state index is 11.8. The zero-order valence-electron chi connectivity index (χ0n) is 12.6. The molecule has 1 aromatic rings. The molecule has 4 nitrogen and oxygen atoms in total. The molecule has 0 saturated heterocycles. The second-order valence-electron chi connectivity index (χ2n) is 4.64. The molecule has 4 heteroatoms. The van der Waals surface area contributed by atoms with E-state index in [2.05, 4.69) is 6.92 Å². The van der Waals surface area contributed by atoms with E-state index >= 15 is 0 Å². The summed E-state index contributed by atoms with van der Waals surface area (Å²) >= 11 is 0. The van der Waals surface area contributed by atoms with Gasteiger partial charge >= 0.3 is 5.97 Å². The Bertz CT molecular complexity index is 512. The first kappa shape index (κ1) is 16.8. The molecular formula is C17H21NO3. The number of esters is 1. The quantitative estimate of drug-likeness (QED) is 0.316. The summed E-state index contributed by atoms with van der Waals surface area (Å²) in [5.41, 5.74) is 0.769. The number of hydrogen-bond donors (Lipinski definition) is 0. The van der Waals surface area contributed by atoms with Crippen molar-refractivity contribution in [2.24, 2.45) is 0 Å². The SMILES string of the molecule is CCCCCCOC(=O)/C(C#N)=C\c1ccc(OC)cc1. The molecule has 0 N–H and O–H groups in total. The Morgan fingerprint density at radius 2 is 1.95 bits per heavy atom. The van der Waals surface area contributed by atoms with E-state index in [1.165, 1.54) is 6.08 Å². The average molecular weight is 287 g/mol. The zero-order valence-corrected chi connectivity index (χ0v) is 12.6. The molecule has 0 heterocycles. The lowest BCUT2D eigenvalue weighted by molar-refractivity contribution is -0.138. The summed E-state index contributed by atoms with van der Waals surface area (Å²) in [7, 11) is 1.58. The fraction of sp³-hybridized carbons (Fsp3) is 0.412. The van der Waals surface area contributed by atoms with Crippen molar-refractivity contribution < 1.29 is 14.3 Å². The van der Waals surface area contributed by atoms with Gasteiger partial charge in [0.1, 0.15) is 17.4 Å². The molecule has 1 aromatic carbocycles. The first-order valence-corrected chi connectivity index (χ1v) is 7.14. The normalized spacial score (nSPS) is 10.8. The Kier molecular flexibility index (Phi) is 7.67. The van der Waals surface area contributed by atoms with Crippen LogP contribution in [0.15, 0.2) is 29.8 Å². The summed E-state index contributed by atoms with van der Waals surface area (Å²) in [5.74, 6) is 0.161. The highest BCUT2D eigenvalue weighted by molar-refractivity contribution is 5.97. The van der Waals surface area contributed by atoms with Crippen molar-refractivity contribution in [1.29, 1.82) is 5.26 Å². The van der Waals surface area contributed by atoms with E-state index < -0.39 is 5.97 Å². The van der Waals surface area contributed by atoms with Gasteiger partial charge in [-0.05, 0) is 30.2 Å². The molecule has 0 aliphatic heterocycles. The molecule has 0 radical (unpaired) electrons. The van der Waals surface area contributed by atoms with Gasteiger partial charge in [-0.15, -0.1) is 0 Å². The Morgan fingerprint density at radius 1 is 1.24 bits per heavy atom. The van der Waals surface area contributed by atoms with Gasteiger partial charge in [-0.2, -0.15) is 5.26 Å². The Labute approximate surface area is 126 Å². The van der Waals surface area contributed by atoms with Crippen LogP contribution in [-0.2, 0) is 9.53 Å². The second-order valence-corrected chi connectivity index (χ2v) is 4.64. The number of hydrogen-bond acceptors (Lipinski definition) is 4. The first-order chi connectivity index (χ1) is 10.2. The molecular weight excluding hydrogens is 266 g/mol. The smallest absolute Gasteiger partial charge is 0.348 e. The van der Waals surface area contributed by atoms with Gasteiger partial charge in [-0.1, -0.05) is 38.3 Å². The van der Waals surface area contributed by atoms with E-state index in [4.69, 9.17) is 14.7 Å². The summed E-state index contributed by atoms with van der Waals surface area (Å²) in [6.45, 7) is 2.48. The van der Waals surface area contributed by atoms with Crippen LogP contribution >= 0.6 is 0 Å². The number of nitriles is 1. The summed E-state index contributed by atoms with van der Waals surface area (Å²) in [4.78, 5) is 11.8. The number of carbonyl (C=O) groups excluding carboxylic acids is 1. The topological polar surface area (TPSA) is 59.3 Å². The number of unbranched alkanes of at least 4 members (excludes halogenated alkanes) is 3. The fourth-order valence-corrected chi connectivity index (χ4v) is 1.78. The summed E-state index contributed by atoms with van der Waals surface area (Å²) in [5, 5.41) is 9.06. The lowest BCUT2D eigenvalue weighted by Crippen LogP contribution is -2.08. The van der Waals surface area contributed by atoms with Crippen molar-refractivity contribution in [3.8, 4) is 11.8 Å². The van der Waals surface area contributed by atoms with Gasteiger partial charge in [-0.3, -0.25) is 0 Å². The molecule has 0 atom stereocenters. The maximum atomic E-state index is 11.8. The molecule has 0 aliphatic rings. The van der Waals surface area contributed by atoms with E-state index in [9.17, 15) is 4.79 Å². The highest BCUT2D eigenvalue weighted by atomic mass is 16.5. The molecule has 0 saturated carbocycles. The molecule has 21 heavy (non-hydrogen) atoms. The number of carbonyl (C=O) groups is 1. The van der Waals surface area contributed by atoms with Crippen LogP contribution in [0.3, 0.4) is 0 Å². The van der Waals surface area contributed by atoms with Gasteiger partial charge in [-0.25, -0.2) is 4.79 Å².